The molecular weight excluding hydrogens is 925 g/mol. The number of esters is 1. The number of rotatable bonds is 30. The van der Waals surface area contributed by atoms with Crippen LogP contribution in [0.2, 0.25) is 0 Å². The highest BCUT2D eigenvalue weighted by Crippen LogP contribution is 2.25. The molecular formula is C51H70IN3O9. The summed E-state index contributed by atoms with van der Waals surface area (Å²) in [6.45, 7) is 11.9. The zero-order chi connectivity index (χ0) is 47.1. The Morgan fingerprint density at radius 1 is 0.781 bits per heavy atom. The molecule has 0 aromatic heterocycles. The quantitative estimate of drug-likeness (QED) is 0.0366. The van der Waals surface area contributed by atoms with E-state index in [4.69, 9.17) is 15.9 Å². The lowest BCUT2D eigenvalue weighted by molar-refractivity contribution is -0.164. The molecule has 2 N–H and O–H groups in total. The van der Waals surface area contributed by atoms with Gasteiger partial charge in [-0.25, -0.2) is 0 Å². The SMILES string of the molecule is C#CCCC(=O)CCCC(=O)O[C@](C)(CI)C(=O)[C@H](CC(C)C)NC(=O)[C@@H](CC(=O)[C@H](CC(C)C)NC(=O)[C@H](CCc1ccccc1)CC(=O)CN1CCOCC1)Cc1ccccc1. The van der Waals surface area contributed by atoms with Gasteiger partial charge in [-0.15, -0.1) is 12.3 Å². The molecule has 0 bridgehead atoms. The predicted octanol–water partition coefficient (Wildman–Crippen LogP) is 6.87. The number of morpholine rings is 1. The first-order valence-corrected chi connectivity index (χ1v) is 24.4. The highest BCUT2D eigenvalue weighted by molar-refractivity contribution is 14.1. The second kappa shape index (κ2) is 28.6. The summed E-state index contributed by atoms with van der Waals surface area (Å²) in [5.74, 6) is -1.57. The number of ketones is 4. The van der Waals surface area contributed by atoms with Gasteiger partial charge in [0, 0.05) is 67.9 Å². The molecule has 5 atom stereocenters. The highest BCUT2D eigenvalue weighted by atomic mass is 127. The van der Waals surface area contributed by atoms with Crippen molar-refractivity contribution in [2.45, 2.75) is 129 Å². The van der Waals surface area contributed by atoms with E-state index in [1.165, 1.54) is 6.92 Å². The Labute approximate surface area is 394 Å². The minimum absolute atomic E-state index is 0.0111. The van der Waals surface area contributed by atoms with Crippen molar-refractivity contribution >= 4 is 63.5 Å². The number of carbonyl (C=O) groups is 7. The number of alkyl halides is 1. The third-order valence-electron chi connectivity index (χ3n) is 11.4. The molecule has 2 aromatic carbocycles. The van der Waals surface area contributed by atoms with Gasteiger partial charge in [0.1, 0.15) is 11.6 Å². The number of amides is 2. The van der Waals surface area contributed by atoms with Crippen LogP contribution in [0.15, 0.2) is 60.7 Å². The monoisotopic (exact) mass is 995 g/mol. The fourth-order valence-corrected chi connectivity index (χ4v) is 8.34. The topological polar surface area (TPSA) is 165 Å². The maximum absolute atomic E-state index is 14.5. The molecule has 350 valence electrons. The normalized spacial score (nSPS) is 15.8. The van der Waals surface area contributed by atoms with Gasteiger partial charge in [0.2, 0.25) is 11.8 Å². The zero-order valence-corrected chi connectivity index (χ0v) is 40.7. The van der Waals surface area contributed by atoms with Gasteiger partial charge in [0.05, 0.1) is 31.8 Å². The van der Waals surface area contributed by atoms with Gasteiger partial charge in [0.15, 0.2) is 17.2 Å². The number of benzene rings is 2. The molecule has 1 saturated heterocycles. The molecule has 2 amide bonds. The fourth-order valence-electron chi connectivity index (χ4n) is 7.81. The molecule has 0 saturated carbocycles. The van der Waals surface area contributed by atoms with Crippen LogP contribution in [0.5, 0.6) is 0 Å². The van der Waals surface area contributed by atoms with E-state index < -0.39 is 47.2 Å². The van der Waals surface area contributed by atoms with Crippen molar-refractivity contribution in [3.8, 4) is 12.3 Å². The summed E-state index contributed by atoms with van der Waals surface area (Å²) in [5, 5.41) is 5.98. The number of Topliss-reactive ketones (excluding diaryl/α,β-unsaturated/α-hetero) is 4. The van der Waals surface area contributed by atoms with E-state index in [0.29, 0.717) is 52.0 Å². The van der Waals surface area contributed by atoms with Gasteiger partial charge in [-0.2, -0.15) is 0 Å². The molecule has 0 radical (unpaired) electrons. The Balaban J connectivity index is 1.84. The largest absolute Gasteiger partial charge is 0.450 e. The molecule has 1 heterocycles. The average molecular weight is 996 g/mol. The van der Waals surface area contributed by atoms with E-state index in [-0.39, 0.29) is 97.4 Å². The Morgan fingerprint density at radius 3 is 1.95 bits per heavy atom. The van der Waals surface area contributed by atoms with Crippen molar-refractivity contribution < 1.29 is 43.0 Å². The maximum Gasteiger partial charge on any atom is 0.306 e. The first-order valence-electron chi connectivity index (χ1n) is 22.8. The van der Waals surface area contributed by atoms with Crippen LogP contribution in [0.25, 0.3) is 0 Å². The molecule has 64 heavy (non-hydrogen) atoms. The average Bonchev–Trinajstić information content (AvgIpc) is 3.26. The summed E-state index contributed by atoms with van der Waals surface area (Å²) in [6, 6.07) is 17.1. The Hall–Kier alpha value is -4.26. The predicted molar refractivity (Wildman–Crippen MR) is 256 cm³/mol. The minimum atomic E-state index is -1.57. The van der Waals surface area contributed by atoms with Crippen molar-refractivity contribution in [2.75, 3.05) is 37.3 Å². The highest BCUT2D eigenvalue weighted by Gasteiger charge is 2.42. The number of hydrogen-bond acceptors (Lipinski definition) is 10. The van der Waals surface area contributed by atoms with Gasteiger partial charge in [-0.05, 0) is 68.4 Å². The standard InChI is InChI=1S/C51H70IN3O9/c1-7-8-20-42(56)21-15-22-47(59)64-51(6,35-52)48(60)45(30-37(4)5)54-50(62)41(31-39-18-13-10-14-19-39)33-46(58)44(29-36(2)3)53-49(61)40(24-23-38-16-11-9-12-17-38)32-43(57)34-55-25-27-63-28-26-55/h1,9-14,16-19,36-37,40-41,44-45H,8,15,20-35H2,2-6H3,(H,53,61)(H,54,62)/t40-,41-,44+,45+,51-/m1/s1. The summed E-state index contributed by atoms with van der Waals surface area (Å²) in [4.78, 5) is 98.1. The van der Waals surface area contributed by atoms with Gasteiger partial charge in [0.25, 0.3) is 0 Å². The summed E-state index contributed by atoms with van der Waals surface area (Å²) in [5.41, 5.74) is 0.281. The molecule has 1 aliphatic heterocycles. The van der Waals surface area contributed by atoms with E-state index in [0.717, 1.165) is 11.1 Å². The number of terminal acetylenes is 1. The number of ether oxygens (including phenoxy) is 2. The van der Waals surface area contributed by atoms with Crippen molar-refractivity contribution in [1.82, 2.24) is 15.5 Å². The lowest BCUT2D eigenvalue weighted by atomic mass is 9.87. The number of carbonyl (C=O) groups excluding carboxylic acids is 7. The van der Waals surface area contributed by atoms with Crippen LogP contribution < -0.4 is 10.6 Å². The summed E-state index contributed by atoms with van der Waals surface area (Å²) in [6.07, 6.45) is 7.77. The van der Waals surface area contributed by atoms with Crippen LogP contribution in [0, 0.1) is 36.0 Å². The van der Waals surface area contributed by atoms with Crippen molar-refractivity contribution in [1.29, 1.82) is 0 Å². The number of halogens is 1. The van der Waals surface area contributed by atoms with Crippen LogP contribution in [0.1, 0.15) is 110 Å². The molecule has 3 rings (SSSR count). The lowest BCUT2D eigenvalue weighted by Gasteiger charge is -2.32. The van der Waals surface area contributed by atoms with Crippen molar-refractivity contribution in [3.05, 3.63) is 71.8 Å². The van der Waals surface area contributed by atoms with Crippen molar-refractivity contribution in [3.63, 3.8) is 0 Å². The summed E-state index contributed by atoms with van der Waals surface area (Å²) in [7, 11) is 0. The van der Waals surface area contributed by atoms with E-state index in [1.807, 2.05) is 116 Å². The van der Waals surface area contributed by atoms with Crippen LogP contribution in [0.4, 0.5) is 0 Å². The van der Waals surface area contributed by atoms with Gasteiger partial charge < -0.3 is 20.1 Å². The van der Waals surface area contributed by atoms with Crippen LogP contribution in [0.3, 0.4) is 0 Å². The molecule has 2 aromatic rings. The summed E-state index contributed by atoms with van der Waals surface area (Å²) >= 11 is 1.99. The first kappa shape index (κ1) is 54.1. The number of nitrogens with zero attached hydrogens (tertiary/aromatic N) is 1. The number of nitrogens with one attached hydrogen (secondary N) is 2. The smallest absolute Gasteiger partial charge is 0.306 e. The van der Waals surface area contributed by atoms with Crippen LogP contribution in [-0.2, 0) is 55.9 Å². The molecule has 1 aliphatic rings. The third kappa shape index (κ3) is 19.9. The minimum Gasteiger partial charge on any atom is -0.450 e. The first-order chi connectivity index (χ1) is 30.5. The number of hydrogen-bond donors (Lipinski definition) is 2. The van der Waals surface area contributed by atoms with Gasteiger partial charge >= 0.3 is 5.97 Å². The van der Waals surface area contributed by atoms with Crippen molar-refractivity contribution in [2.24, 2.45) is 23.7 Å². The zero-order valence-electron chi connectivity index (χ0n) is 38.5. The Kier molecular flexibility index (Phi) is 24.2. The molecule has 0 unspecified atom stereocenters. The second-order valence-electron chi connectivity index (χ2n) is 18.1. The molecule has 0 aliphatic carbocycles. The van der Waals surface area contributed by atoms with E-state index in [1.54, 1.807) is 0 Å². The van der Waals surface area contributed by atoms with E-state index in [9.17, 15) is 33.6 Å². The van der Waals surface area contributed by atoms with Gasteiger partial charge in [-0.1, -0.05) is 111 Å². The number of aryl methyl sites for hydroxylation is 1. The Bertz CT molecular complexity index is 1860. The van der Waals surface area contributed by atoms with E-state index in [2.05, 4.69) is 16.6 Å². The molecule has 1 fully saturated rings. The lowest BCUT2D eigenvalue weighted by Crippen LogP contribution is -2.55. The third-order valence-corrected chi connectivity index (χ3v) is 12.8. The molecule has 13 heteroatoms. The van der Waals surface area contributed by atoms with E-state index >= 15 is 0 Å². The maximum atomic E-state index is 14.5. The second-order valence-corrected chi connectivity index (χ2v) is 18.9. The van der Waals surface area contributed by atoms with Crippen LogP contribution >= 0.6 is 22.6 Å². The van der Waals surface area contributed by atoms with Crippen LogP contribution in [-0.4, -0.2) is 101 Å². The molecule has 0 spiro atoms. The Morgan fingerprint density at radius 2 is 1.36 bits per heavy atom. The summed E-state index contributed by atoms with van der Waals surface area (Å²) < 4.78 is 11.4. The van der Waals surface area contributed by atoms with Gasteiger partial charge in [-0.3, -0.25) is 38.5 Å². The molecule has 12 nitrogen and oxygen atoms in total. The fraction of sp³-hybridized carbons (Fsp3) is 0.588.